The molecule has 0 bridgehead atoms. The summed E-state index contributed by atoms with van der Waals surface area (Å²) in [6.07, 6.45) is -18.5. The quantitative estimate of drug-likeness (QED) is 0.433. The van der Waals surface area contributed by atoms with Crippen molar-refractivity contribution in [3.8, 4) is 0 Å². The Balaban J connectivity index is 5.62. The average Bonchev–Trinajstić information content (AvgIpc) is 2.25. The van der Waals surface area contributed by atoms with Crippen molar-refractivity contribution in [2.75, 3.05) is 0 Å². The lowest BCUT2D eigenvalue weighted by Gasteiger charge is -2.33. The fourth-order valence-electron chi connectivity index (χ4n) is 0.826. The fraction of sp³-hybridized carbons (Fsp3) is 0.667. The van der Waals surface area contributed by atoms with E-state index in [2.05, 4.69) is 11.3 Å². The molecule has 0 aromatic heterocycles. The molecule has 0 saturated carbocycles. The zero-order valence-electron chi connectivity index (χ0n) is 9.88. The lowest BCUT2D eigenvalue weighted by atomic mass is 10.1. The van der Waals surface area contributed by atoms with Gasteiger partial charge < -0.3 is 4.74 Å². The van der Waals surface area contributed by atoms with Crippen molar-refractivity contribution in [3.05, 3.63) is 12.2 Å². The first kappa shape index (κ1) is 19.5. The predicted molar refractivity (Wildman–Crippen MR) is 46.7 cm³/mol. The van der Waals surface area contributed by atoms with Crippen LogP contribution in [0.15, 0.2) is 12.2 Å². The summed E-state index contributed by atoms with van der Waals surface area (Å²) in [5, 5.41) is 0. The maximum Gasteiger partial charge on any atom is 0.473 e. The normalized spacial score (nSPS) is 15.6. The van der Waals surface area contributed by atoms with E-state index in [1.54, 1.807) is 0 Å². The molecule has 0 fully saturated rings. The van der Waals surface area contributed by atoms with Crippen LogP contribution in [0.4, 0.5) is 43.9 Å². The van der Waals surface area contributed by atoms with Crippen LogP contribution in [0.25, 0.3) is 0 Å². The van der Waals surface area contributed by atoms with Crippen molar-refractivity contribution < 1.29 is 53.4 Å². The standard InChI is InChI=1S/C9H6F10O2/c1-3(2)4(20)21-9(18,19)8(16,17)6(11,12)5(10)7(13,14)15/h5H,1H2,2H3. The lowest BCUT2D eigenvalue weighted by Crippen LogP contribution is -2.62. The van der Waals surface area contributed by atoms with Crippen LogP contribution in [0, 0.1) is 0 Å². The summed E-state index contributed by atoms with van der Waals surface area (Å²) >= 11 is 0. The summed E-state index contributed by atoms with van der Waals surface area (Å²) < 4.78 is 127. The second kappa shape index (κ2) is 5.37. The molecule has 0 aliphatic heterocycles. The van der Waals surface area contributed by atoms with Gasteiger partial charge in [0.1, 0.15) is 0 Å². The van der Waals surface area contributed by atoms with Crippen molar-refractivity contribution in [1.82, 2.24) is 0 Å². The van der Waals surface area contributed by atoms with E-state index in [1.807, 2.05) is 0 Å². The summed E-state index contributed by atoms with van der Waals surface area (Å²) in [5.74, 6) is -16.1. The van der Waals surface area contributed by atoms with Crippen LogP contribution in [0.2, 0.25) is 0 Å². The molecule has 12 heteroatoms. The molecule has 0 aliphatic rings. The molecule has 1 unspecified atom stereocenters. The first-order chi connectivity index (χ1) is 8.98. The molecule has 0 radical (unpaired) electrons. The van der Waals surface area contributed by atoms with E-state index in [1.165, 1.54) is 0 Å². The zero-order chi connectivity index (χ0) is 17.4. The molecule has 2 nitrogen and oxygen atoms in total. The summed E-state index contributed by atoms with van der Waals surface area (Å²) in [7, 11) is 0. The van der Waals surface area contributed by atoms with Crippen LogP contribution in [-0.4, -0.2) is 36.3 Å². The van der Waals surface area contributed by atoms with Crippen LogP contribution in [0.5, 0.6) is 0 Å². The molecule has 0 aromatic carbocycles. The van der Waals surface area contributed by atoms with E-state index in [-0.39, 0.29) is 0 Å². The Morgan fingerprint density at radius 3 is 1.67 bits per heavy atom. The largest absolute Gasteiger partial charge is 0.473 e. The van der Waals surface area contributed by atoms with Gasteiger partial charge >= 0.3 is 30.1 Å². The Morgan fingerprint density at radius 1 is 1.00 bits per heavy atom. The molecule has 1 atom stereocenters. The van der Waals surface area contributed by atoms with Gasteiger partial charge in [-0.15, -0.1) is 0 Å². The van der Waals surface area contributed by atoms with Gasteiger partial charge in [-0.3, -0.25) is 0 Å². The molecule has 0 rings (SSSR count). The topological polar surface area (TPSA) is 26.3 Å². The van der Waals surface area contributed by atoms with Crippen LogP contribution in [-0.2, 0) is 9.53 Å². The van der Waals surface area contributed by atoms with E-state index >= 15 is 0 Å². The highest BCUT2D eigenvalue weighted by Gasteiger charge is 2.80. The van der Waals surface area contributed by atoms with Crippen molar-refractivity contribution in [2.45, 2.75) is 37.2 Å². The molecule has 0 aliphatic carbocycles. The van der Waals surface area contributed by atoms with E-state index in [0.717, 1.165) is 0 Å². The van der Waals surface area contributed by atoms with Crippen LogP contribution in [0.3, 0.4) is 0 Å². The number of rotatable bonds is 5. The molecule has 0 aromatic rings. The predicted octanol–water partition coefficient (Wildman–Crippen LogP) is 3.87. The van der Waals surface area contributed by atoms with Crippen molar-refractivity contribution in [3.63, 3.8) is 0 Å². The fourth-order valence-corrected chi connectivity index (χ4v) is 0.826. The first-order valence-electron chi connectivity index (χ1n) is 4.71. The molecule has 124 valence electrons. The maximum atomic E-state index is 12.8. The van der Waals surface area contributed by atoms with E-state index in [0.29, 0.717) is 6.92 Å². The van der Waals surface area contributed by atoms with Crippen molar-refractivity contribution in [1.29, 1.82) is 0 Å². The van der Waals surface area contributed by atoms with Crippen LogP contribution >= 0.6 is 0 Å². The smallest absolute Gasteiger partial charge is 0.393 e. The lowest BCUT2D eigenvalue weighted by molar-refractivity contribution is -0.406. The third kappa shape index (κ3) is 3.59. The van der Waals surface area contributed by atoms with E-state index in [4.69, 9.17) is 0 Å². The number of alkyl halides is 10. The van der Waals surface area contributed by atoms with Gasteiger partial charge in [0.15, 0.2) is 0 Å². The molecule has 0 amide bonds. The van der Waals surface area contributed by atoms with Gasteiger partial charge in [0.2, 0.25) is 0 Å². The van der Waals surface area contributed by atoms with Crippen LogP contribution in [0.1, 0.15) is 6.92 Å². The Bertz CT molecular complexity index is 425. The SMILES string of the molecule is C=C(C)C(=O)OC(F)(F)C(F)(F)C(F)(F)C(F)C(F)(F)F. The summed E-state index contributed by atoms with van der Waals surface area (Å²) in [6.45, 7) is 3.33. The average molecular weight is 336 g/mol. The third-order valence-electron chi connectivity index (χ3n) is 1.96. The Morgan fingerprint density at radius 2 is 1.38 bits per heavy atom. The third-order valence-corrected chi connectivity index (χ3v) is 1.96. The monoisotopic (exact) mass is 336 g/mol. The van der Waals surface area contributed by atoms with Gasteiger partial charge in [-0.25, -0.2) is 9.18 Å². The minimum Gasteiger partial charge on any atom is -0.393 e. The van der Waals surface area contributed by atoms with Gasteiger partial charge in [-0.2, -0.15) is 39.5 Å². The summed E-state index contributed by atoms with van der Waals surface area (Å²) in [5.41, 5.74) is -0.929. The van der Waals surface area contributed by atoms with Crippen LogP contribution < -0.4 is 0 Å². The molecule has 0 spiro atoms. The van der Waals surface area contributed by atoms with Crippen molar-refractivity contribution >= 4 is 5.97 Å². The molecule has 21 heavy (non-hydrogen) atoms. The number of halogens is 10. The number of ether oxygens (including phenoxy) is 1. The Hall–Kier alpha value is -1.49. The Labute approximate surface area is 110 Å². The van der Waals surface area contributed by atoms with Crippen molar-refractivity contribution in [2.24, 2.45) is 0 Å². The van der Waals surface area contributed by atoms with E-state index in [9.17, 15) is 48.7 Å². The first-order valence-corrected chi connectivity index (χ1v) is 4.71. The van der Waals surface area contributed by atoms with Gasteiger partial charge in [0.25, 0.3) is 6.17 Å². The summed E-state index contributed by atoms with van der Waals surface area (Å²) in [6, 6.07) is 0. The summed E-state index contributed by atoms with van der Waals surface area (Å²) in [4.78, 5) is 10.6. The van der Waals surface area contributed by atoms with Gasteiger partial charge in [-0.05, 0) is 6.92 Å². The second-order valence-corrected chi connectivity index (χ2v) is 3.79. The van der Waals surface area contributed by atoms with Gasteiger partial charge in [0.05, 0.1) is 0 Å². The second-order valence-electron chi connectivity index (χ2n) is 3.79. The molecule has 0 saturated heterocycles. The maximum absolute atomic E-state index is 12.8. The number of esters is 1. The Kier molecular flexibility index (Phi) is 4.99. The number of carbonyl (C=O) groups is 1. The van der Waals surface area contributed by atoms with Gasteiger partial charge in [-0.1, -0.05) is 6.58 Å². The number of hydrogen-bond donors (Lipinski definition) is 0. The molecular formula is C9H6F10O2. The molecule has 0 heterocycles. The minimum atomic E-state index is -6.96. The van der Waals surface area contributed by atoms with E-state index < -0.39 is 41.8 Å². The van der Waals surface area contributed by atoms with Gasteiger partial charge in [0, 0.05) is 5.57 Å². The highest BCUT2D eigenvalue weighted by molar-refractivity contribution is 5.87. The minimum absolute atomic E-state index is 0.669. The molecular weight excluding hydrogens is 330 g/mol. The highest BCUT2D eigenvalue weighted by Crippen LogP contribution is 2.51. The highest BCUT2D eigenvalue weighted by atomic mass is 19.4. The zero-order valence-corrected chi connectivity index (χ0v) is 9.88. The number of carbonyl (C=O) groups excluding carboxylic acids is 1. The molecule has 0 N–H and O–H groups in total. The number of hydrogen-bond acceptors (Lipinski definition) is 2.